The average molecular weight is 181 g/mol. The van der Waals surface area contributed by atoms with Crippen LogP contribution in [0.4, 0.5) is 0 Å². The summed E-state index contributed by atoms with van der Waals surface area (Å²) in [5.41, 5.74) is 0. The SMILES string of the molecule is CCc1ccc(C(NC)C(C)C)o1. The lowest BCUT2D eigenvalue weighted by atomic mass is 10.0. The van der Waals surface area contributed by atoms with Gasteiger partial charge in [-0.2, -0.15) is 0 Å². The highest BCUT2D eigenvalue weighted by molar-refractivity contribution is 5.11. The minimum atomic E-state index is 0.334. The Morgan fingerprint density at radius 1 is 1.38 bits per heavy atom. The van der Waals surface area contributed by atoms with Gasteiger partial charge in [-0.05, 0) is 25.1 Å². The Morgan fingerprint density at radius 3 is 2.46 bits per heavy atom. The van der Waals surface area contributed by atoms with E-state index in [1.807, 2.05) is 7.05 Å². The van der Waals surface area contributed by atoms with Gasteiger partial charge in [-0.3, -0.25) is 0 Å². The molecule has 1 heterocycles. The van der Waals surface area contributed by atoms with E-state index < -0.39 is 0 Å². The van der Waals surface area contributed by atoms with Crippen molar-refractivity contribution in [1.29, 1.82) is 0 Å². The standard InChI is InChI=1S/C11H19NO/c1-5-9-6-7-10(13-9)11(12-4)8(2)3/h6-8,11-12H,5H2,1-4H3. The van der Waals surface area contributed by atoms with Crippen molar-refractivity contribution in [3.8, 4) is 0 Å². The van der Waals surface area contributed by atoms with Crippen LogP contribution in [0.1, 0.15) is 38.3 Å². The molecule has 1 unspecified atom stereocenters. The molecular formula is C11H19NO. The summed E-state index contributed by atoms with van der Waals surface area (Å²) in [7, 11) is 1.97. The van der Waals surface area contributed by atoms with Crippen LogP contribution in [0.25, 0.3) is 0 Å². The van der Waals surface area contributed by atoms with E-state index in [4.69, 9.17) is 4.42 Å². The molecule has 2 nitrogen and oxygen atoms in total. The number of rotatable bonds is 4. The maximum Gasteiger partial charge on any atom is 0.121 e. The summed E-state index contributed by atoms with van der Waals surface area (Å²) in [5.74, 6) is 2.67. The molecule has 1 aromatic heterocycles. The van der Waals surface area contributed by atoms with Crippen molar-refractivity contribution in [3.05, 3.63) is 23.7 Å². The van der Waals surface area contributed by atoms with Gasteiger partial charge in [-0.15, -0.1) is 0 Å². The molecule has 2 heteroatoms. The molecule has 13 heavy (non-hydrogen) atoms. The first-order valence-corrected chi connectivity index (χ1v) is 4.94. The highest BCUT2D eigenvalue weighted by Crippen LogP contribution is 2.23. The van der Waals surface area contributed by atoms with Gasteiger partial charge in [-0.25, -0.2) is 0 Å². The molecule has 1 rings (SSSR count). The van der Waals surface area contributed by atoms with E-state index >= 15 is 0 Å². The molecular weight excluding hydrogens is 162 g/mol. The van der Waals surface area contributed by atoms with Crippen LogP contribution in [-0.2, 0) is 6.42 Å². The van der Waals surface area contributed by atoms with Gasteiger partial charge >= 0.3 is 0 Å². The Balaban J connectivity index is 2.79. The first-order chi connectivity index (χ1) is 6.19. The largest absolute Gasteiger partial charge is 0.464 e. The van der Waals surface area contributed by atoms with Crippen LogP contribution in [-0.4, -0.2) is 7.05 Å². The molecule has 0 radical (unpaired) electrons. The lowest BCUT2D eigenvalue weighted by Gasteiger charge is -2.17. The fraction of sp³-hybridized carbons (Fsp3) is 0.636. The zero-order valence-electron chi connectivity index (χ0n) is 8.92. The molecule has 0 aliphatic carbocycles. The number of furan rings is 1. The molecule has 0 aromatic carbocycles. The van der Waals surface area contributed by atoms with Crippen molar-refractivity contribution >= 4 is 0 Å². The van der Waals surface area contributed by atoms with E-state index in [1.165, 1.54) is 0 Å². The van der Waals surface area contributed by atoms with Crippen LogP contribution in [0.2, 0.25) is 0 Å². The first kappa shape index (κ1) is 10.3. The van der Waals surface area contributed by atoms with Crippen LogP contribution in [0.3, 0.4) is 0 Å². The second-order valence-corrected chi connectivity index (χ2v) is 3.67. The van der Waals surface area contributed by atoms with Crippen molar-refractivity contribution in [2.45, 2.75) is 33.2 Å². The minimum Gasteiger partial charge on any atom is -0.464 e. The fourth-order valence-corrected chi connectivity index (χ4v) is 1.56. The van der Waals surface area contributed by atoms with E-state index in [-0.39, 0.29) is 0 Å². The van der Waals surface area contributed by atoms with Gasteiger partial charge in [0.1, 0.15) is 11.5 Å². The number of hydrogen-bond donors (Lipinski definition) is 1. The number of hydrogen-bond acceptors (Lipinski definition) is 2. The lowest BCUT2D eigenvalue weighted by Crippen LogP contribution is -2.20. The summed E-state index contributed by atoms with van der Waals surface area (Å²) in [6.45, 7) is 6.48. The predicted octanol–water partition coefficient (Wildman–Crippen LogP) is 2.76. The van der Waals surface area contributed by atoms with E-state index in [0.717, 1.165) is 17.9 Å². The van der Waals surface area contributed by atoms with Gasteiger partial charge in [0, 0.05) is 6.42 Å². The molecule has 0 aliphatic heterocycles. The lowest BCUT2D eigenvalue weighted by molar-refractivity contribution is 0.348. The number of aryl methyl sites for hydroxylation is 1. The van der Waals surface area contributed by atoms with Crippen LogP contribution in [0, 0.1) is 5.92 Å². The Morgan fingerprint density at radius 2 is 2.08 bits per heavy atom. The van der Waals surface area contributed by atoms with Gasteiger partial charge < -0.3 is 9.73 Å². The van der Waals surface area contributed by atoms with Crippen LogP contribution < -0.4 is 5.32 Å². The van der Waals surface area contributed by atoms with Gasteiger partial charge in [-0.1, -0.05) is 20.8 Å². The Labute approximate surface area is 80.3 Å². The van der Waals surface area contributed by atoms with E-state index in [9.17, 15) is 0 Å². The molecule has 0 fully saturated rings. The molecule has 0 bridgehead atoms. The third kappa shape index (κ3) is 2.34. The summed E-state index contributed by atoms with van der Waals surface area (Å²) in [6, 6.07) is 4.46. The molecule has 0 saturated heterocycles. The van der Waals surface area contributed by atoms with Crippen molar-refractivity contribution in [1.82, 2.24) is 5.32 Å². The fourth-order valence-electron chi connectivity index (χ4n) is 1.56. The summed E-state index contributed by atoms with van der Waals surface area (Å²) in [4.78, 5) is 0. The van der Waals surface area contributed by atoms with Gasteiger partial charge in [0.2, 0.25) is 0 Å². The van der Waals surface area contributed by atoms with Crippen molar-refractivity contribution in [2.75, 3.05) is 7.05 Å². The van der Waals surface area contributed by atoms with Gasteiger partial charge in [0.15, 0.2) is 0 Å². The third-order valence-electron chi connectivity index (χ3n) is 2.32. The van der Waals surface area contributed by atoms with Crippen LogP contribution in [0.5, 0.6) is 0 Å². The molecule has 0 spiro atoms. The smallest absolute Gasteiger partial charge is 0.121 e. The van der Waals surface area contributed by atoms with E-state index in [1.54, 1.807) is 0 Å². The van der Waals surface area contributed by atoms with Gasteiger partial charge in [0.05, 0.1) is 6.04 Å². The zero-order chi connectivity index (χ0) is 9.84. The number of nitrogens with one attached hydrogen (secondary N) is 1. The predicted molar refractivity (Wildman–Crippen MR) is 54.7 cm³/mol. The Bertz CT molecular complexity index is 252. The summed E-state index contributed by atoms with van der Waals surface area (Å²) in [5, 5.41) is 3.26. The summed E-state index contributed by atoms with van der Waals surface area (Å²) in [6.07, 6.45) is 0.967. The topological polar surface area (TPSA) is 25.2 Å². The quantitative estimate of drug-likeness (QED) is 0.772. The molecule has 0 saturated carbocycles. The summed E-state index contributed by atoms with van der Waals surface area (Å²) >= 11 is 0. The highest BCUT2D eigenvalue weighted by atomic mass is 16.3. The monoisotopic (exact) mass is 181 g/mol. The Hall–Kier alpha value is -0.760. The molecule has 74 valence electrons. The molecule has 1 aromatic rings. The Kier molecular flexibility index (Phi) is 3.55. The van der Waals surface area contributed by atoms with Crippen LogP contribution >= 0.6 is 0 Å². The second-order valence-electron chi connectivity index (χ2n) is 3.67. The van der Waals surface area contributed by atoms with Crippen molar-refractivity contribution < 1.29 is 4.42 Å². The second kappa shape index (κ2) is 4.47. The van der Waals surface area contributed by atoms with Crippen molar-refractivity contribution in [3.63, 3.8) is 0 Å². The van der Waals surface area contributed by atoms with E-state index in [2.05, 4.69) is 38.2 Å². The maximum atomic E-state index is 5.68. The minimum absolute atomic E-state index is 0.334. The average Bonchev–Trinajstić information content (AvgIpc) is 2.53. The first-order valence-electron chi connectivity index (χ1n) is 4.94. The third-order valence-corrected chi connectivity index (χ3v) is 2.32. The highest BCUT2D eigenvalue weighted by Gasteiger charge is 2.16. The molecule has 1 atom stereocenters. The van der Waals surface area contributed by atoms with Gasteiger partial charge in [0.25, 0.3) is 0 Å². The molecule has 0 amide bonds. The van der Waals surface area contributed by atoms with Crippen molar-refractivity contribution in [2.24, 2.45) is 5.92 Å². The molecule has 1 N–H and O–H groups in total. The maximum absolute atomic E-state index is 5.68. The molecule has 0 aliphatic rings. The van der Waals surface area contributed by atoms with E-state index in [0.29, 0.717) is 12.0 Å². The summed E-state index contributed by atoms with van der Waals surface area (Å²) < 4.78 is 5.68. The van der Waals surface area contributed by atoms with Crippen LogP contribution in [0.15, 0.2) is 16.5 Å². The normalized spacial score (nSPS) is 13.6. The zero-order valence-corrected chi connectivity index (χ0v) is 8.92.